The summed E-state index contributed by atoms with van der Waals surface area (Å²) in [7, 11) is 0. The molecule has 29 heavy (non-hydrogen) atoms. The lowest BCUT2D eigenvalue weighted by atomic mass is 9.88. The molecule has 0 aliphatic carbocycles. The Balaban J connectivity index is 1.80. The van der Waals surface area contributed by atoms with Gasteiger partial charge in [0.2, 0.25) is 0 Å². The van der Waals surface area contributed by atoms with Gasteiger partial charge in [0.1, 0.15) is 0 Å². The number of rotatable bonds is 5. The van der Waals surface area contributed by atoms with Gasteiger partial charge in [-0.3, -0.25) is 19.3 Å². The topological polar surface area (TPSA) is 91.8 Å². The molecule has 3 aromatic rings. The van der Waals surface area contributed by atoms with Crippen LogP contribution < -0.4 is 0 Å². The SMILES string of the molecule is Cc1cccc(CCN2C(=O)c3ccc(C=O)c4c(C(=O)O)ccc(c34)C2=O)c1. The van der Waals surface area contributed by atoms with Crippen LogP contribution in [0.1, 0.15) is 52.6 Å². The number of hydrogen-bond acceptors (Lipinski definition) is 4. The molecule has 0 saturated heterocycles. The maximum absolute atomic E-state index is 13.1. The summed E-state index contributed by atoms with van der Waals surface area (Å²) in [6, 6.07) is 13.5. The van der Waals surface area contributed by atoms with E-state index in [1.807, 2.05) is 31.2 Å². The van der Waals surface area contributed by atoms with Gasteiger partial charge in [-0.05, 0) is 37.1 Å². The van der Waals surface area contributed by atoms with Crippen molar-refractivity contribution >= 4 is 34.8 Å². The van der Waals surface area contributed by atoms with Crippen molar-refractivity contribution in [1.82, 2.24) is 4.90 Å². The first-order chi connectivity index (χ1) is 13.9. The lowest BCUT2D eigenvalue weighted by Gasteiger charge is -2.28. The Bertz CT molecular complexity index is 1190. The Morgan fingerprint density at radius 1 is 1.00 bits per heavy atom. The third-order valence-electron chi connectivity index (χ3n) is 5.21. The van der Waals surface area contributed by atoms with Crippen molar-refractivity contribution in [1.29, 1.82) is 0 Å². The molecule has 1 aliphatic rings. The lowest BCUT2D eigenvalue weighted by Crippen LogP contribution is -2.41. The molecule has 2 amide bonds. The number of hydrogen-bond donors (Lipinski definition) is 1. The maximum atomic E-state index is 13.1. The Labute approximate surface area is 166 Å². The monoisotopic (exact) mass is 387 g/mol. The Hall–Kier alpha value is -3.80. The molecule has 0 fully saturated rings. The van der Waals surface area contributed by atoms with E-state index in [2.05, 4.69) is 0 Å². The van der Waals surface area contributed by atoms with Gasteiger partial charge in [-0.25, -0.2) is 4.79 Å². The first kappa shape index (κ1) is 18.6. The van der Waals surface area contributed by atoms with Gasteiger partial charge in [0.05, 0.1) is 5.56 Å². The third kappa shape index (κ3) is 2.99. The normalized spacial score (nSPS) is 13.1. The molecule has 6 nitrogen and oxygen atoms in total. The fourth-order valence-corrected chi connectivity index (χ4v) is 3.85. The Morgan fingerprint density at radius 2 is 1.69 bits per heavy atom. The number of carboxylic acids is 1. The second-order valence-electron chi connectivity index (χ2n) is 7.04. The predicted molar refractivity (Wildman–Crippen MR) is 107 cm³/mol. The maximum Gasteiger partial charge on any atom is 0.336 e. The minimum absolute atomic E-state index is 0.110. The van der Waals surface area contributed by atoms with Gasteiger partial charge < -0.3 is 5.11 Å². The number of benzene rings is 3. The lowest BCUT2D eigenvalue weighted by molar-refractivity contribution is 0.0609. The van der Waals surface area contributed by atoms with E-state index in [1.165, 1.54) is 29.2 Å². The average molecular weight is 387 g/mol. The van der Waals surface area contributed by atoms with Gasteiger partial charge in [-0.2, -0.15) is 0 Å². The van der Waals surface area contributed by atoms with Gasteiger partial charge >= 0.3 is 5.97 Å². The number of carbonyl (C=O) groups excluding carboxylic acids is 3. The van der Waals surface area contributed by atoms with E-state index in [9.17, 15) is 24.3 Å². The quantitative estimate of drug-likeness (QED) is 0.534. The Kier molecular flexibility index (Phi) is 4.47. The minimum atomic E-state index is -1.22. The van der Waals surface area contributed by atoms with Gasteiger partial charge in [0.25, 0.3) is 11.8 Å². The zero-order valence-electron chi connectivity index (χ0n) is 15.6. The molecule has 0 saturated carbocycles. The number of aryl methyl sites for hydroxylation is 1. The zero-order chi connectivity index (χ0) is 20.7. The van der Waals surface area contributed by atoms with Crippen LogP contribution >= 0.6 is 0 Å². The number of carboxylic acid groups (broad SMARTS) is 1. The summed E-state index contributed by atoms with van der Waals surface area (Å²) >= 11 is 0. The van der Waals surface area contributed by atoms with E-state index < -0.39 is 17.8 Å². The van der Waals surface area contributed by atoms with E-state index in [0.717, 1.165) is 11.1 Å². The molecule has 3 aromatic carbocycles. The molecule has 4 rings (SSSR count). The van der Waals surface area contributed by atoms with Crippen molar-refractivity contribution in [2.45, 2.75) is 13.3 Å². The molecule has 0 atom stereocenters. The highest BCUT2D eigenvalue weighted by Gasteiger charge is 2.34. The molecule has 0 radical (unpaired) electrons. The van der Waals surface area contributed by atoms with Crippen molar-refractivity contribution in [2.75, 3.05) is 6.54 Å². The molecule has 0 spiro atoms. The number of carbonyl (C=O) groups is 4. The highest BCUT2D eigenvalue weighted by Crippen LogP contribution is 2.34. The molecule has 0 aromatic heterocycles. The standard InChI is InChI=1S/C23H17NO5/c1-13-3-2-4-14(11-13)9-10-24-21(26)16-6-5-15(12-25)19-18(23(28)29)8-7-17(20(16)19)22(24)27/h2-8,11-12H,9-10H2,1H3,(H,28,29). The molecule has 0 unspecified atom stereocenters. The number of aromatic carboxylic acids is 1. The van der Waals surface area contributed by atoms with Crippen LogP contribution in [0.5, 0.6) is 0 Å². The third-order valence-corrected chi connectivity index (χ3v) is 5.21. The molecule has 1 N–H and O–H groups in total. The van der Waals surface area contributed by atoms with E-state index in [1.54, 1.807) is 0 Å². The van der Waals surface area contributed by atoms with E-state index in [4.69, 9.17) is 0 Å². The molecule has 144 valence electrons. The molecular weight excluding hydrogens is 370 g/mol. The fourth-order valence-electron chi connectivity index (χ4n) is 3.85. The van der Waals surface area contributed by atoms with Crippen LogP contribution in [0.2, 0.25) is 0 Å². The van der Waals surface area contributed by atoms with Crippen LogP contribution in [0.4, 0.5) is 0 Å². The summed E-state index contributed by atoms with van der Waals surface area (Å²) in [5.41, 5.74) is 2.59. The summed E-state index contributed by atoms with van der Waals surface area (Å²) in [4.78, 5) is 50.4. The van der Waals surface area contributed by atoms with Crippen molar-refractivity contribution in [3.05, 3.63) is 81.9 Å². The number of nitrogens with zero attached hydrogens (tertiary/aromatic N) is 1. The van der Waals surface area contributed by atoms with E-state index >= 15 is 0 Å². The van der Waals surface area contributed by atoms with Crippen molar-refractivity contribution in [3.8, 4) is 0 Å². The summed E-state index contributed by atoms with van der Waals surface area (Å²) < 4.78 is 0. The van der Waals surface area contributed by atoms with Crippen molar-refractivity contribution in [3.63, 3.8) is 0 Å². The first-order valence-electron chi connectivity index (χ1n) is 9.12. The summed E-state index contributed by atoms with van der Waals surface area (Å²) in [5.74, 6) is -2.20. The zero-order valence-corrected chi connectivity index (χ0v) is 15.6. The van der Waals surface area contributed by atoms with Crippen LogP contribution in [-0.4, -0.2) is 40.6 Å². The molecule has 1 aliphatic heterocycles. The molecule has 1 heterocycles. The van der Waals surface area contributed by atoms with Crippen LogP contribution in [-0.2, 0) is 6.42 Å². The molecular formula is C23H17NO5. The molecule has 6 heteroatoms. The second-order valence-corrected chi connectivity index (χ2v) is 7.04. The average Bonchev–Trinajstić information content (AvgIpc) is 2.71. The van der Waals surface area contributed by atoms with Gasteiger partial charge in [-0.15, -0.1) is 0 Å². The van der Waals surface area contributed by atoms with Gasteiger partial charge in [0, 0.05) is 34.0 Å². The molecule has 0 bridgehead atoms. The second kappa shape index (κ2) is 6.98. The van der Waals surface area contributed by atoms with Crippen LogP contribution in [0.25, 0.3) is 10.8 Å². The van der Waals surface area contributed by atoms with Crippen molar-refractivity contribution in [2.24, 2.45) is 0 Å². The fraction of sp³-hybridized carbons (Fsp3) is 0.130. The van der Waals surface area contributed by atoms with E-state index in [-0.39, 0.29) is 39.6 Å². The summed E-state index contributed by atoms with van der Waals surface area (Å²) in [6.45, 7) is 2.18. The smallest absolute Gasteiger partial charge is 0.336 e. The highest BCUT2D eigenvalue weighted by atomic mass is 16.4. The first-order valence-corrected chi connectivity index (χ1v) is 9.12. The number of aldehydes is 1. The van der Waals surface area contributed by atoms with Gasteiger partial charge in [-0.1, -0.05) is 35.9 Å². The minimum Gasteiger partial charge on any atom is -0.478 e. The largest absolute Gasteiger partial charge is 0.478 e. The number of imide groups is 1. The van der Waals surface area contributed by atoms with Crippen LogP contribution in [0, 0.1) is 6.92 Å². The summed E-state index contributed by atoms with van der Waals surface area (Å²) in [5, 5.41) is 9.86. The Morgan fingerprint density at radius 3 is 2.31 bits per heavy atom. The highest BCUT2D eigenvalue weighted by molar-refractivity contribution is 6.28. The van der Waals surface area contributed by atoms with Gasteiger partial charge in [0.15, 0.2) is 6.29 Å². The predicted octanol–water partition coefficient (Wildman–Crippen LogP) is 3.50. The van der Waals surface area contributed by atoms with E-state index in [0.29, 0.717) is 12.7 Å². The van der Waals surface area contributed by atoms with Crippen LogP contribution in [0.15, 0.2) is 48.5 Å². The summed E-state index contributed by atoms with van der Waals surface area (Å²) in [6.07, 6.45) is 1.05. The number of amides is 2. The van der Waals surface area contributed by atoms with Crippen molar-refractivity contribution < 1.29 is 24.3 Å². The van der Waals surface area contributed by atoms with Crippen LogP contribution in [0.3, 0.4) is 0 Å².